The number of allylic oxidation sites excluding steroid dienone is 2. The summed E-state index contributed by atoms with van der Waals surface area (Å²) in [7, 11) is 1.45. The molecular formula is C21H34O3. The molecule has 1 fully saturated rings. The number of hydrogen-bond donors (Lipinski definition) is 1. The molecule has 1 rings (SSSR count). The first-order chi connectivity index (χ1) is 11.7. The highest BCUT2D eigenvalue weighted by Gasteiger charge is 2.34. The molecule has 0 saturated heterocycles. The minimum Gasteiger partial charge on any atom is -0.469 e. The second kappa shape index (κ2) is 13.1. The molecule has 0 aromatic carbocycles. The van der Waals surface area contributed by atoms with Crippen LogP contribution in [0.25, 0.3) is 0 Å². The Balaban J connectivity index is 1.98. The third-order valence-electron chi connectivity index (χ3n) is 4.74. The third-order valence-corrected chi connectivity index (χ3v) is 4.74. The number of methoxy groups -OCH3 is 1. The summed E-state index contributed by atoms with van der Waals surface area (Å²) in [6, 6.07) is 0. The van der Waals surface area contributed by atoms with Crippen LogP contribution in [0.5, 0.6) is 0 Å². The van der Waals surface area contributed by atoms with Crippen LogP contribution >= 0.6 is 0 Å². The molecule has 0 amide bonds. The Morgan fingerprint density at radius 1 is 1.25 bits per heavy atom. The zero-order valence-electron chi connectivity index (χ0n) is 15.4. The Morgan fingerprint density at radius 2 is 2.04 bits per heavy atom. The fourth-order valence-corrected chi connectivity index (χ4v) is 3.05. The lowest BCUT2D eigenvalue weighted by molar-refractivity contribution is -0.140. The number of ether oxygens (including phenoxy) is 1. The lowest BCUT2D eigenvalue weighted by Gasteiger charge is -2.00. The molecule has 0 aliphatic heterocycles. The van der Waals surface area contributed by atoms with Crippen molar-refractivity contribution in [2.75, 3.05) is 7.11 Å². The lowest BCUT2D eigenvalue weighted by atomic mass is 10.1. The van der Waals surface area contributed by atoms with Crippen molar-refractivity contribution in [3.63, 3.8) is 0 Å². The maximum atomic E-state index is 11.0. The van der Waals surface area contributed by atoms with Gasteiger partial charge in [0, 0.05) is 6.42 Å². The van der Waals surface area contributed by atoms with Crippen molar-refractivity contribution in [2.45, 2.75) is 83.7 Å². The van der Waals surface area contributed by atoms with E-state index in [4.69, 9.17) is 0 Å². The van der Waals surface area contributed by atoms with E-state index < -0.39 is 6.10 Å². The van der Waals surface area contributed by atoms with Gasteiger partial charge >= 0.3 is 5.97 Å². The number of hydrogen-bond acceptors (Lipinski definition) is 3. The molecule has 0 aromatic rings. The van der Waals surface area contributed by atoms with Crippen LogP contribution in [-0.4, -0.2) is 24.3 Å². The van der Waals surface area contributed by atoms with Gasteiger partial charge in [0.25, 0.3) is 0 Å². The summed E-state index contributed by atoms with van der Waals surface area (Å²) in [4.78, 5) is 11.0. The molecule has 0 aromatic heterocycles. The number of esters is 1. The first-order valence-electron chi connectivity index (χ1n) is 9.58. The Labute approximate surface area is 147 Å². The van der Waals surface area contributed by atoms with Crippen molar-refractivity contribution < 1.29 is 14.6 Å². The Kier molecular flexibility index (Phi) is 11.3. The Hall–Kier alpha value is -1.27. The molecule has 3 atom stereocenters. The highest BCUT2D eigenvalue weighted by atomic mass is 16.5. The number of aliphatic hydroxyl groups is 1. The van der Waals surface area contributed by atoms with Gasteiger partial charge in [-0.3, -0.25) is 4.79 Å². The molecule has 1 aliphatic carbocycles. The second-order valence-electron chi connectivity index (χ2n) is 6.86. The molecule has 0 bridgehead atoms. The van der Waals surface area contributed by atoms with E-state index in [2.05, 4.69) is 29.6 Å². The fourth-order valence-electron chi connectivity index (χ4n) is 3.05. The van der Waals surface area contributed by atoms with E-state index in [0.717, 1.165) is 43.9 Å². The number of carbonyl (C=O) groups excluding carboxylic acids is 1. The van der Waals surface area contributed by atoms with E-state index in [0.29, 0.717) is 6.42 Å². The van der Waals surface area contributed by atoms with Crippen molar-refractivity contribution in [3.05, 3.63) is 12.2 Å². The third kappa shape index (κ3) is 10.5. The molecule has 3 nitrogen and oxygen atoms in total. The summed E-state index contributed by atoms with van der Waals surface area (Å²) in [6.45, 7) is 2.16. The lowest BCUT2D eigenvalue weighted by Crippen LogP contribution is -2.01. The van der Waals surface area contributed by atoms with Crippen LogP contribution in [-0.2, 0) is 9.53 Å². The standard InChI is InChI=1S/C21H34O3/c1-3-4-7-14-20(22)15-9-6-5-8-12-18-17-19(18)13-10-11-16-21(23)24-2/h5-6,18-20,22H,3-4,7-8,10-14,16-17H2,1-2H3/b6-5+. The molecule has 0 heterocycles. The van der Waals surface area contributed by atoms with Gasteiger partial charge in [-0.1, -0.05) is 50.5 Å². The van der Waals surface area contributed by atoms with E-state index in [1.165, 1.54) is 39.2 Å². The number of rotatable bonds is 12. The average molecular weight is 335 g/mol. The molecule has 1 N–H and O–H groups in total. The van der Waals surface area contributed by atoms with E-state index in [9.17, 15) is 9.90 Å². The number of aliphatic hydroxyl groups excluding tert-OH is 1. The van der Waals surface area contributed by atoms with E-state index in [-0.39, 0.29) is 5.97 Å². The quantitative estimate of drug-likeness (QED) is 0.321. The first kappa shape index (κ1) is 20.8. The maximum Gasteiger partial charge on any atom is 0.305 e. The van der Waals surface area contributed by atoms with Gasteiger partial charge < -0.3 is 9.84 Å². The van der Waals surface area contributed by atoms with Crippen LogP contribution in [0.4, 0.5) is 0 Å². The van der Waals surface area contributed by atoms with Gasteiger partial charge in [0.05, 0.1) is 7.11 Å². The first-order valence-corrected chi connectivity index (χ1v) is 9.58. The average Bonchev–Trinajstić information content (AvgIpc) is 3.33. The zero-order chi connectivity index (χ0) is 17.6. The van der Waals surface area contributed by atoms with Crippen molar-refractivity contribution in [2.24, 2.45) is 11.8 Å². The second-order valence-corrected chi connectivity index (χ2v) is 6.86. The minimum absolute atomic E-state index is 0.0934. The topological polar surface area (TPSA) is 46.5 Å². The van der Waals surface area contributed by atoms with Crippen molar-refractivity contribution in [3.8, 4) is 11.8 Å². The molecule has 0 radical (unpaired) electrons. The molecule has 1 aliphatic rings. The Bertz CT molecular complexity index is 430. The smallest absolute Gasteiger partial charge is 0.305 e. The maximum absolute atomic E-state index is 11.0. The minimum atomic E-state index is -0.473. The predicted molar refractivity (Wildman–Crippen MR) is 98.4 cm³/mol. The van der Waals surface area contributed by atoms with Crippen LogP contribution in [0.1, 0.15) is 77.6 Å². The SMILES string of the molecule is CCCCCC(O)C#C/C=C/CCC1CC1CCCCC(=O)OC. The normalized spacial score (nSPS) is 20.5. The highest BCUT2D eigenvalue weighted by Crippen LogP contribution is 2.45. The van der Waals surface area contributed by atoms with E-state index in [1.54, 1.807) is 0 Å². The predicted octanol–water partition coefficient (Wildman–Crippen LogP) is 4.64. The highest BCUT2D eigenvalue weighted by molar-refractivity contribution is 5.68. The van der Waals surface area contributed by atoms with Gasteiger partial charge in [-0.15, -0.1) is 0 Å². The summed E-state index contributed by atoms with van der Waals surface area (Å²) < 4.78 is 4.65. The largest absolute Gasteiger partial charge is 0.469 e. The number of carbonyl (C=O) groups is 1. The van der Waals surface area contributed by atoms with Gasteiger partial charge in [0.1, 0.15) is 6.10 Å². The van der Waals surface area contributed by atoms with Crippen molar-refractivity contribution in [1.29, 1.82) is 0 Å². The summed E-state index contributed by atoms with van der Waals surface area (Å²) >= 11 is 0. The fraction of sp³-hybridized carbons (Fsp3) is 0.762. The van der Waals surface area contributed by atoms with Gasteiger partial charge in [0.15, 0.2) is 0 Å². The van der Waals surface area contributed by atoms with Gasteiger partial charge in [0.2, 0.25) is 0 Å². The van der Waals surface area contributed by atoms with E-state index >= 15 is 0 Å². The molecule has 24 heavy (non-hydrogen) atoms. The molecule has 0 spiro atoms. The van der Waals surface area contributed by atoms with Crippen LogP contribution in [0.3, 0.4) is 0 Å². The van der Waals surface area contributed by atoms with Crippen molar-refractivity contribution in [1.82, 2.24) is 0 Å². The molecule has 3 heteroatoms. The monoisotopic (exact) mass is 334 g/mol. The summed E-state index contributed by atoms with van der Waals surface area (Å²) in [5.41, 5.74) is 0. The summed E-state index contributed by atoms with van der Waals surface area (Å²) in [6.07, 6.45) is 15.2. The van der Waals surface area contributed by atoms with Crippen molar-refractivity contribution >= 4 is 5.97 Å². The van der Waals surface area contributed by atoms with Crippen LogP contribution in [0, 0.1) is 23.7 Å². The molecular weight excluding hydrogens is 300 g/mol. The van der Waals surface area contributed by atoms with Gasteiger partial charge in [-0.05, 0) is 56.4 Å². The molecule has 3 unspecified atom stereocenters. The number of unbranched alkanes of at least 4 members (excludes halogenated alkanes) is 3. The molecule has 136 valence electrons. The summed E-state index contributed by atoms with van der Waals surface area (Å²) in [5, 5.41) is 9.68. The Morgan fingerprint density at radius 3 is 2.79 bits per heavy atom. The summed E-state index contributed by atoms with van der Waals surface area (Å²) in [5.74, 6) is 7.47. The zero-order valence-corrected chi connectivity index (χ0v) is 15.4. The van der Waals surface area contributed by atoms with E-state index in [1.807, 2.05) is 6.08 Å². The van der Waals surface area contributed by atoms with Gasteiger partial charge in [-0.2, -0.15) is 0 Å². The van der Waals surface area contributed by atoms with Gasteiger partial charge in [-0.25, -0.2) is 0 Å². The van der Waals surface area contributed by atoms with Crippen LogP contribution in [0.2, 0.25) is 0 Å². The van der Waals surface area contributed by atoms with Crippen LogP contribution in [0.15, 0.2) is 12.2 Å². The molecule has 1 saturated carbocycles. The van der Waals surface area contributed by atoms with Crippen LogP contribution < -0.4 is 0 Å².